The van der Waals surface area contributed by atoms with Crippen LogP contribution in [0.25, 0.3) is 0 Å². The highest BCUT2D eigenvalue weighted by Gasteiger charge is 2.03. The van der Waals surface area contributed by atoms with Crippen LogP contribution in [-0.2, 0) is 13.0 Å². The average molecular weight is 298 g/mol. The van der Waals surface area contributed by atoms with E-state index in [0.29, 0.717) is 6.54 Å². The highest BCUT2D eigenvalue weighted by Crippen LogP contribution is 2.16. The van der Waals surface area contributed by atoms with E-state index in [2.05, 4.69) is 26.7 Å². The van der Waals surface area contributed by atoms with Crippen molar-refractivity contribution in [3.05, 3.63) is 59.9 Å². The maximum absolute atomic E-state index is 5.34. The van der Waals surface area contributed by atoms with Crippen LogP contribution in [0, 0.1) is 0 Å². The monoisotopic (exact) mass is 298 g/mol. The first kappa shape index (κ1) is 15.8. The number of ether oxygens (including phenoxy) is 1. The van der Waals surface area contributed by atoms with E-state index in [1.165, 1.54) is 5.56 Å². The normalized spacial score (nSPS) is 11.1. The Morgan fingerprint density at radius 2 is 2.05 bits per heavy atom. The second-order valence-electron chi connectivity index (χ2n) is 4.78. The molecule has 2 rings (SSSR count). The van der Waals surface area contributed by atoms with E-state index in [1.54, 1.807) is 20.4 Å². The van der Waals surface area contributed by atoms with Crippen LogP contribution in [0.2, 0.25) is 0 Å². The molecule has 0 spiro atoms. The lowest BCUT2D eigenvalue weighted by Gasteiger charge is -2.13. The van der Waals surface area contributed by atoms with Crippen LogP contribution in [0.1, 0.15) is 11.1 Å². The molecule has 0 amide bonds. The fourth-order valence-corrected chi connectivity index (χ4v) is 2.12. The molecule has 0 saturated carbocycles. The van der Waals surface area contributed by atoms with Gasteiger partial charge < -0.3 is 15.4 Å². The van der Waals surface area contributed by atoms with Gasteiger partial charge in [0.1, 0.15) is 5.75 Å². The van der Waals surface area contributed by atoms with E-state index in [-0.39, 0.29) is 0 Å². The minimum Gasteiger partial charge on any atom is -0.496 e. The number of methoxy groups -OCH3 is 1. The quantitative estimate of drug-likeness (QED) is 0.632. The number of guanidine groups is 1. The minimum absolute atomic E-state index is 0.663. The summed E-state index contributed by atoms with van der Waals surface area (Å²) in [5.41, 5.74) is 2.30. The second kappa shape index (κ2) is 8.67. The Morgan fingerprint density at radius 3 is 2.77 bits per heavy atom. The van der Waals surface area contributed by atoms with Crippen molar-refractivity contribution in [3.8, 4) is 5.75 Å². The molecule has 0 atom stereocenters. The van der Waals surface area contributed by atoms with Crippen LogP contribution in [-0.4, -0.2) is 31.6 Å². The van der Waals surface area contributed by atoms with Crippen molar-refractivity contribution >= 4 is 5.96 Å². The predicted octanol–water partition coefficient (Wildman–Crippen LogP) is 2.00. The summed E-state index contributed by atoms with van der Waals surface area (Å²) >= 11 is 0. The molecule has 1 aromatic heterocycles. The number of aliphatic imine (C=N–C) groups is 1. The first-order valence-corrected chi connectivity index (χ1v) is 7.29. The van der Waals surface area contributed by atoms with Crippen molar-refractivity contribution in [3.63, 3.8) is 0 Å². The van der Waals surface area contributed by atoms with Gasteiger partial charge in [0.15, 0.2) is 5.96 Å². The smallest absolute Gasteiger partial charge is 0.191 e. The summed E-state index contributed by atoms with van der Waals surface area (Å²) in [4.78, 5) is 8.34. The molecule has 5 nitrogen and oxygen atoms in total. The Bertz CT molecular complexity index is 599. The van der Waals surface area contributed by atoms with Crippen LogP contribution in [0.5, 0.6) is 5.75 Å². The molecular formula is C17H22N4O. The van der Waals surface area contributed by atoms with E-state index < -0.39 is 0 Å². The predicted molar refractivity (Wildman–Crippen MR) is 89.1 cm³/mol. The highest BCUT2D eigenvalue weighted by molar-refractivity contribution is 5.79. The summed E-state index contributed by atoms with van der Waals surface area (Å²) in [5.74, 6) is 1.65. The van der Waals surface area contributed by atoms with Gasteiger partial charge in [-0.3, -0.25) is 9.98 Å². The SMILES string of the molecule is CN=C(NCCc1cccnc1)NCc1ccccc1OC. The number of para-hydroxylation sites is 1. The number of pyridine rings is 1. The van der Waals surface area contributed by atoms with Crippen molar-refractivity contribution in [2.24, 2.45) is 4.99 Å². The molecule has 22 heavy (non-hydrogen) atoms. The number of hydrogen-bond donors (Lipinski definition) is 2. The maximum Gasteiger partial charge on any atom is 0.191 e. The second-order valence-corrected chi connectivity index (χ2v) is 4.78. The lowest BCUT2D eigenvalue weighted by atomic mass is 10.2. The zero-order valence-electron chi connectivity index (χ0n) is 13.0. The standard InChI is InChI=1S/C17H22N4O/c1-18-17(20-11-9-14-6-5-10-19-12-14)21-13-15-7-3-4-8-16(15)22-2/h3-8,10,12H,9,11,13H2,1-2H3,(H2,18,20,21). The maximum atomic E-state index is 5.34. The molecule has 5 heteroatoms. The van der Waals surface area contributed by atoms with Crippen molar-refractivity contribution in [2.75, 3.05) is 20.7 Å². The zero-order chi connectivity index (χ0) is 15.6. The largest absolute Gasteiger partial charge is 0.496 e. The molecule has 1 heterocycles. The number of nitrogens with one attached hydrogen (secondary N) is 2. The summed E-state index contributed by atoms with van der Waals surface area (Å²) in [6.45, 7) is 1.47. The topological polar surface area (TPSA) is 58.5 Å². The van der Waals surface area contributed by atoms with Gasteiger partial charge in [-0.25, -0.2) is 0 Å². The molecule has 0 saturated heterocycles. The Kier molecular flexibility index (Phi) is 6.23. The molecular weight excluding hydrogens is 276 g/mol. The van der Waals surface area contributed by atoms with Crippen molar-refractivity contribution in [1.82, 2.24) is 15.6 Å². The molecule has 0 aliphatic carbocycles. The molecule has 2 N–H and O–H groups in total. The number of benzene rings is 1. The Morgan fingerprint density at radius 1 is 1.18 bits per heavy atom. The van der Waals surface area contributed by atoms with E-state index in [4.69, 9.17) is 4.74 Å². The van der Waals surface area contributed by atoms with Crippen LogP contribution in [0.4, 0.5) is 0 Å². The molecule has 0 aliphatic rings. The molecule has 0 fully saturated rings. The Hall–Kier alpha value is -2.56. The summed E-state index contributed by atoms with van der Waals surface area (Å²) in [6, 6.07) is 12.0. The van der Waals surface area contributed by atoms with Gasteiger partial charge in [0.25, 0.3) is 0 Å². The first-order valence-electron chi connectivity index (χ1n) is 7.29. The average Bonchev–Trinajstić information content (AvgIpc) is 2.59. The van der Waals surface area contributed by atoms with Gasteiger partial charge in [-0.05, 0) is 24.1 Å². The van der Waals surface area contributed by atoms with Gasteiger partial charge >= 0.3 is 0 Å². The van der Waals surface area contributed by atoms with E-state index >= 15 is 0 Å². The third kappa shape index (κ3) is 4.77. The summed E-state index contributed by atoms with van der Waals surface area (Å²) < 4.78 is 5.34. The third-order valence-corrected chi connectivity index (χ3v) is 3.29. The fraction of sp³-hybridized carbons (Fsp3) is 0.294. The Labute approximate surface area is 131 Å². The van der Waals surface area contributed by atoms with Crippen LogP contribution < -0.4 is 15.4 Å². The lowest BCUT2D eigenvalue weighted by molar-refractivity contribution is 0.409. The van der Waals surface area contributed by atoms with Gasteiger partial charge in [0.05, 0.1) is 7.11 Å². The van der Waals surface area contributed by atoms with Crippen molar-refractivity contribution in [1.29, 1.82) is 0 Å². The molecule has 0 bridgehead atoms. The van der Waals surface area contributed by atoms with Gasteiger partial charge in [-0.2, -0.15) is 0 Å². The third-order valence-electron chi connectivity index (χ3n) is 3.29. The van der Waals surface area contributed by atoms with Gasteiger partial charge in [0.2, 0.25) is 0 Å². The van der Waals surface area contributed by atoms with Crippen LogP contribution in [0.3, 0.4) is 0 Å². The molecule has 2 aromatic rings. The molecule has 0 radical (unpaired) electrons. The molecule has 1 aromatic carbocycles. The number of hydrogen-bond acceptors (Lipinski definition) is 3. The summed E-state index contributed by atoms with van der Waals surface area (Å²) in [5, 5.41) is 6.59. The van der Waals surface area contributed by atoms with Gasteiger partial charge in [-0.1, -0.05) is 24.3 Å². The molecule has 0 unspecified atom stereocenters. The van der Waals surface area contributed by atoms with E-state index in [9.17, 15) is 0 Å². The van der Waals surface area contributed by atoms with Gasteiger partial charge in [0, 0.05) is 38.1 Å². The minimum atomic E-state index is 0.663. The number of aromatic nitrogens is 1. The number of nitrogens with zero attached hydrogens (tertiary/aromatic N) is 2. The summed E-state index contributed by atoms with van der Waals surface area (Å²) in [6.07, 6.45) is 4.57. The van der Waals surface area contributed by atoms with Gasteiger partial charge in [-0.15, -0.1) is 0 Å². The first-order chi connectivity index (χ1) is 10.8. The fourth-order valence-electron chi connectivity index (χ4n) is 2.12. The zero-order valence-corrected chi connectivity index (χ0v) is 13.0. The van der Waals surface area contributed by atoms with Crippen molar-refractivity contribution < 1.29 is 4.74 Å². The molecule has 0 aliphatic heterocycles. The van der Waals surface area contributed by atoms with E-state index in [1.807, 2.05) is 36.5 Å². The van der Waals surface area contributed by atoms with Crippen molar-refractivity contribution in [2.45, 2.75) is 13.0 Å². The summed E-state index contributed by atoms with van der Waals surface area (Å²) in [7, 11) is 3.45. The number of rotatable bonds is 6. The lowest BCUT2D eigenvalue weighted by Crippen LogP contribution is -2.37. The Balaban J connectivity index is 1.80. The highest BCUT2D eigenvalue weighted by atomic mass is 16.5. The van der Waals surface area contributed by atoms with E-state index in [0.717, 1.165) is 30.2 Å². The van der Waals surface area contributed by atoms with Crippen LogP contribution >= 0.6 is 0 Å². The van der Waals surface area contributed by atoms with Crippen LogP contribution in [0.15, 0.2) is 53.8 Å². The molecule has 116 valence electrons.